The van der Waals surface area contributed by atoms with Crippen molar-refractivity contribution in [1.82, 2.24) is 0 Å². The topological polar surface area (TPSA) is 66.5 Å². The summed E-state index contributed by atoms with van der Waals surface area (Å²) < 4.78 is 0. The second kappa shape index (κ2) is 3.26. The van der Waals surface area contributed by atoms with Gasteiger partial charge in [0, 0.05) is 0 Å². The Bertz CT molecular complexity index is 50.2. The lowest BCUT2D eigenvalue weighted by Gasteiger charge is -2.08. The smallest absolute Gasteiger partial charge is 0.101 e. The molecule has 0 saturated carbocycles. The standard InChI is InChI=1S/C3H9NO2S/c4-3(7)2(6)1-5/h2-3,5-7H,1,4H2. The van der Waals surface area contributed by atoms with Crippen molar-refractivity contribution in [2.45, 2.75) is 11.5 Å². The minimum absolute atomic E-state index is 0.329. The first-order valence-electron chi connectivity index (χ1n) is 1.91. The fourth-order valence-electron chi connectivity index (χ4n) is 0.108. The molecule has 0 aliphatic carbocycles. The second-order valence-electron chi connectivity index (χ2n) is 1.24. The first kappa shape index (κ1) is 7.23. The number of nitrogens with two attached hydrogens (primary N) is 1. The number of aliphatic hydroxyl groups excluding tert-OH is 2. The molecule has 7 heavy (non-hydrogen) atoms. The minimum atomic E-state index is -0.900. The van der Waals surface area contributed by atoms with E-state index in [0.29, 0.717) is 0 Å². The highest BCUT2D eigenvalue weighted by atomic mass is 32.1. The van der Waals surface area contributed by atoms with Gasteiger partial charge in [-0.25, -0.2) is 0 Å². The van der Waals surface area contributed by atoms with E-state index in [9.17, 15) is 0 Å². The van der Waals surface area contributed by atoms with E-state index in [1.54, 1.807) is 0 Å². The number of thiol groups is 1. The summed E-state index contributed by atoms with van der Waals surface area (Å²) >= 11 is 3.64. The van der Waals surface area contributed by atoms with Gasteiger partial charge in [-0.1, -0.05) is 0 Å². The molecular weight excluding hydrogens is 114 g/mol. The summed E-state index contributed by atoms with van der Waals surface area (Å²) in [6.45, 7) is -0.329. The van der Waals surface area contributed by atoms with E-state index < -0.39 is 11.5 Å². The van der Waals surface area contributed by atoms with Crippen LogP contribution in [-0.4, -0.2) is 28.3 Å². The van der Waals surface area contributed by atoms with Crippen molar-refractivity contribution in [2.24, 2.45) is 5.73 Å². The first-order valence-corrected chi connectivity index (χ1v) is 2.42. The Morgan fingerprint density at radius 1 is 1.71 bits per heavy atom. The number of hydrogen-bond donors (Lipinski definition) is 4. The van der Waals surface area contributed by atoms with Crippen LogP contribution in [0.25, 0.3) is 0 Å². The summed E-state index contributed by atoms with van der Waals surface area (Å²) in [5, 5.41) is 16.0. The van der Waals surface area contributed by atoms with Gasteiger partial charge in [0.25, 0.3) is 0 Å². The quantitative estimate of drug-likeness (QED) is 0.268. The molecule has 2 unspecified atom stereocenters. The van der Waals surface area contributed by atoms with Gasteiger partial charge in [-0.15, -0.1) is 0 Å². The normalized spacial score (nSPS) is 18.9. The Morgan fingerprint density at radius 2 is 2.14 bits per heavy atom. The SMILES string of the molecule is NC(S)C(O)CO. The third-order valence-corrected chi connectivity index (χ3v) is 0.925. The summed E-state index contributed by atoms with van der Waals surface area (Å²) in [6.07, 6.45) is -0.900. The molecule has 0 aliphatic heterocycles. The highest BCUT2D eigenvalue weighted by Crippen LogP contribution is 1.90. The molecule has 0 heterocycles. The van der Waals surface area contributed by atoms with Crippen molar-refractivity contribution in [3.05, 3.63) is 0 Å². The maximum atomic E-state index is 8.48. The molecule has 44 valence electrons. The maximum absolute atomic E-state index is 8.48. The van der Waals surface area contributed by atoms with Gasteiger partial charge < -0.3 is 15.9 Å². The molecule has 0 spiro atoms. The summed E-state index contributed by atoms with van der Waals surface area (Å²) in [5.74, 6) is 0. The fourth-order valence-corrected chi connectivity index (χ4v) is 0.202. The third-order valence-electron chi connectivity index (χ3n) is 0.581. The van der Waals surface area contributed by atoms with Crippen LogP contribution in [-0.2, 0) is 0 Å². The molecule has 0 fully saturated rings. The zero-order valence-corrected chi connectivity index (χ0v) is 4.68. The van der Waals surface area contributed by atoms with Crippen molar-refractivity contribution >= 4 is 12.6 Å². The van der Waals surface area contributed by atoms with Gasteiger partial charge in [0.1, 0.15) is 6.10 Å². The predicted octanol–water partition coefficient (Wildman–Crippen LogP) is -1.45. The fraction of sp³-hybridized carbons (Fsp3) is 1.00. The molecule has 0 aromatic heterocycles. The van der Waals surface area contributed by atoms with Crippen LogP contribution in [0, 0.1) is 0 Å². The van der Waals surface area contributed by atoms with Crippen molar-refractivity contribution in [2.75, 3.05) is 6.61 Å². The van der Waals surface area contributed by atoms with Gasteiger partial charge in [0.05, 0.1) is 12.0 Å². The highest BCUT2D eigenvalue weighted by molar-refractivity contribution is 7.80. The lowest BCUT2D eigenvalue weighted by Crippen LogP contribution is -2.31. The maximum Gasteiger partial charge on any atom is 0.101 e. The summed E-state index contributed by atoms with van der Waals surface area (Å²) in [6, 6.07) is 0. The summed E-state index contributed by atoms with van der Waals surface area (Å²) in [5.41, 5.74) is 5.00. The molecule has 2 atom stereocenters. The molecule has 0 bridgehead atoms. The molecule has 0 rings (SSSR count). The Kier molecular flexibility index (Phi) is 3.37. The van der Waals surface area contributed by atoms with E-state index in [-0.39, 0.29) is 6.61 Å². The van der Waals surface area contributed by atoms with Crippen LogP contribution in [0.5, 0.6) is 0 Å². The largest absolute Gasteiger partial charge is 0.394 e. The second-order valence-corrected chi connectivity index (χ2v) is 1.84. The van der Waals surface area contributed by atoms with Gasteiger partial charge in [0.15, 0.2) is 0 Å². The van der Waals surface area contributed by atoms with Gasteiger partial charge in [-0.3, -0.25) is 0 Å². The molecule has 3 nitrogen and oxygen atoms in total. The van der Waals surface area contributed by atoms with Crippen LogP contribution >= 0.6 is 12.6 Å². The minimum Gasteiger partial charge on any atom is -0.394 e. The number of rotatable bonds is 2. The van der Waals surface area contributed by atoms with Crippen LogP contribution in [0.15, 0.2) is 0 Å². The zero-order valence-electron chi connectivity index (χ0n) is 3.78. The molecular formula is C3H9NO2S. The van der Waals surface area contributed by atoms with E-state index in [4.69, 9.17) is 15.9 Å². The average Bonchev–Trinajstić information content (AvgIpc) is 1.65. The van der Waals surface area contributed by atoms with E-state index >= 15 is 0 Å². The molecule has 0 aromatic carbocycles. The van der Waals surface area contributed by atoms with E-state index in [1.807, 2.05) is 0 Å². The van der Waals surface area contributed by atoms with Crippen LogP contribution in [0.4, 0.5) is 0 Å². The average molecular weight is 123 g/mol. The van der Waals surface area contributed by atoms with E-state index in [1.165, 1.54) is 0 Å². The van der Waals surface area contributed by atoms with Crippen LogP contribution in [0.3, 0.4) is 0 Å². The summed E-state index contributed by atoms with van der Waals surface area (Å²) in [7, 11) is 0. The molecule has 0 aliphatic rings. The molecule has 0 radical (unpaired) electrons. The van der Waals surface area contributed by atoms with Gasteiger partial charge >= 0.3 is 0 Å². The monoisotopic (exact) mass is 123 g/mol. The first-order chi connectivity index (χ1) is 3.18. The molecule has 4 N–H and O–H groups in total. The Hall–Kier alpha value is 0.230. The zero-order chi connectivity index (χ0) is 5.86. The van der Waals surface area contributed by atoms with Crippen LogP contribution in [0.1, 0.15) is 0 Å². The van der Waals surface area contributed by atoms with E-state index in [2.05, 4.69) is 12.6 Å². The van der Waals surface area contributed by atoms with Crippen molar-refractivity contribution in [3.8, 4) is 0 Å². The van der Waals surface area contributed by atoms with Crippen LogP contribution in [0.2, 0.25) is 0 Å². The molecule has 4 heteroatoms. The lowest BCUT2D eigenvalue weighted by atomic mass is 10.4. The predicted molar refractivity (Wildman–Crippen MR) is 30.1 cm³/mol. The number of aliphatic hydroxyl groups is 2. The van der Waals surface area contributed by atoms with Gasteiger partial charge in [-0.2, -0.15) is 12.6 Å². The van der Waals surface area contributed by atoms with E-state index in [0.717, 1.165) is 0 Å². The van der Waals surface area contributed by atoms with Crippen molar-refractivity contribution in [3.63, 3.8) is 0 Å². The van der Waals surface area contributed by atoms with Crippen molar-refractivity contribution < 1.29 is 10.2 Å². The molecule has 0 amide bonds. The third kappa shape index (κ3) is 2.87. The van der Waals surface area contributed by atoms with Crippen LogP contribution < -0.4 is 5.73 Å². The Labute approximate surface area is 47.6 Å². The Morgan fingerprint density at radius 3 is 2.14 bits per heavy atom. The highest BCUT2D eigenvalue weighted by Gasteiger charge is 2.06. The molecule has 0 saturated heterocycles. The van der Waals surface area contributed by atoms with Gasteiger partial charge in [-0.05, 0) is 0 Å². The Balaban J connectivity index is 3.14. The van der Waals surface area contributed by atoms with Gasteiger partial charge in [0.2, 0.25) is 0 Å². The van der Waals surface area contributed by atoms with Crippen molar-refractivity contribution in [1.29, 1.82) is 0 Å². The summed E-state index contributed by atoms with van der Waals surface area (Å²) in [4.78, 5) is 0. The number of hydrogen-bond acceptors (Lipinski definition) is 4. The lowest BCUT2D eigenvalue weighted by molar-refractivity contribution is 0.0947. The molecule has 0 aromatic rings.